The zero-order valence-corrected chi connectivity index (χ0v) is 19.9. The number of carbonyl (C=O) groups excluding carboxylic acids is 1. The van der Waals surface area contributed by atoms with Gasteiger partial charge in [0, 0.05) is 43.9 Å². The SMILES string of the molecule is CCOC(=O)CCc1c(C)nc2ncnn2c1N1CCN(S(=O)(=O)c2ccccc2C)CC1. The fourth-order valence-corrected chi connectivity index (χ4v) is 5.82. The molecule has 0 atom stereocenters. The summed E-state index contributed by atoms with van der Waals surface area (Å²) in [6.07, 6.45) is 2.12. The van der Waals surface area contributed by atoms with Crippen LogP contribution in [0.5, 0.6) is 0 Å². The van der Waals surface area contributed by atoms with Gasteiger partial charge in [0.2, 0.25) is 10.0 Å². The Labute approximate surface area is 193 Å². The molecule has 2 aromatic heterocycles. The molecule has 11 heteroatoms. The van der Waals surface area contributed by atoms with E-state index in [0.29, 0.717) is 49.9 Å². The predicted molar refractivity (Wildman–Crippen MR) is 123 cm³/mol. The fourth-order valence-electron chi connectivity index (χ4n) is 4.17. The van der Waals surface area contributed by atoms with Gasteiger partial charge in [-0.1, -0.05) is 18.2 Å². The van der Waals surface area contributed by atoms with Crippen LogP contribution in [0, 0.1) is 13.8 Å². The zero-order valence-electron chi connectivity index (χ0n) is 19.1. The van der Waals surface area contributed by atoms with Gasteiger partial charge in [0.05, 0.1) is 11.5 Å². The Bertz CT molecular complexity index is 1270. The van der Waals surface area contributed by atoms with Crippen molar-refractivity contribution in [1.29, 1.82) is 0 Å². The number of nitrogens with zero attached hydrogens (tertiary/aromatic N) is 6. The Morgan fingerprint density at radius 1 is 1.12 bits per heavy atom. The van der Waals surface area contributed by atoms with E-state index in [1.54, 1.807) is 36.6 Å². The average molecular weight is 473 g/mol. The summed E-state index contributed by atoms with van der Waals surface area (Å²) in [6.45, 7) is 7.45. The maximum atomic E-state index is 13.2. The van der Waals surface area contributed by atoms with Crippen molar-refractivity contribution in [1.82, 2.24) is 23.9 Å². The number of sulfonamides is 1. The quantitative estimate of drug-likeness (QED) is 0.479. The Kier molecular flexibility index (Phi) is 6.61. The molecule has 0 spiro atoms. The Morgan fingerprint density at radius 3 is 2.55 bits per heavy atom. The molecule has 4 rings (SSSR count). The van der Waals surface area contributed by atoms with Gasteiger partial charge in [-0.15, -0.1) is 0 Å². The van der Waals surface area contributed by atoms with E-state index in [9.17, 15) is 13.2 Å². The molecule has 0 saturated carbocycles. The number of aromatic nitrogens is 4. The first-order valence-corrected chi connectivity index (χ1v) is 12.4. The first-order valence-electron chi connectivity index (χ1n) is 11.0. The molecule has 1 aliphatic rings. The van der Waals surface area contributed by atoms with E-state index >= 15 is 0 Å². The second-order valence-electron chi connectivity index (χ2n) is 7.93. The summed E-state index contributed by atoms with van der Waals surface area (Å²) in [4.78, 5) is 23.2. The largest absolute Gasteiger partial charge is 0.466 e. The van der Waals surface area contributed by atoms with Gasteiger partial charge in [0.25, 0.3) is 5.78 Å². The molecule has 1 saturated heterocycles. The molecule has 0 N–H and O–H groups in total. The number of ether oxygens (including phenoxy) is 1. The number of hydrogen-bond acceptors (Lipinski definition) is 8. The Hall–Kier alpha value is -3.05. The Morgan fingerprint density at radius 2 is 1.85 bits per heavy atom. The highest BCUT2D eigenvalue weighted by atomic mass is 32.2. The molecular formula is C22H28N6O4S. The minimum absolute atomic E-state index is 0.227. The molecule has 0 amide bonds. The number of hydrogen-bond donors (Lipinski definition) is 0. The lowest BCUT2D eigenvalue weighted by molar-refractivity contribution is -0.143. The minimum atomic E-state index is -3.58. The monoisotopic (exact) mass is 472 g/mol. The fraction of sp³-hybridized carbons (Fsp3) is 0.455. The van der Waals surface area contributed by atoms with Gasteiger partial charge in [-0.3, -0.25) is 4.79 Å². The lowest BCUT2D eigenvalue weighted by Crippen LogP contribution is -2.49. The summed E-state index contributed by atoms with van der Waals surface area (Å²) in [5.41, 5.74) is 2.39. The second-order valence-corrected chi connectivity index (χ2v) is 9.84. The normalized spacial score (nSPS) is 15.2. The number of esters is 1. The van der Waals surface area contributed by atoms with Crippen LogP contribution < -0.4 is 4.90 Å². The van der Waals surface area contributed by atoms with Crippen molar-refractivity contribution in [2.75, 3.05) is 37.7 Å². The van der Waals surface area contributed by atoms with Crippen LogP contribution in [0.1, 0.15) is 30.2 Å². The van der Waals surface area contributed by atoms with E-state index in [1.807, 2.05) is 13.0 Å². The number of benzene rings is 1. The summed E-state index contributed by atoms with van der Waals surface area (Å²) in [6, 6.07) is 7.03. The maximum absolute atomic E-state index is 13.2. The zero-order chi connectivity index (χ0) is 23.6. The molecule has 0 radical (unpaired) electrons. The third-order valence-electron chi connectivity index (χ3n) is 5.84. The van der Waals surface area contributed by atoms with Crippen LogP contribution in [0.25, 0.3) is 5.78 Å². The number of piperazine rings is 1. The van der Waals surface area contributed by atoms with Crippen LogP contribution >= 0.6 is 0 Å². The van der Waals surface area contributed by atoms with Gasteiger partial charge in [-0.25, -0.2) is 13.4 Å². The van der Waals surface area contributed by atoms with Gasteiger partial charge in [-0.05, 0) is 38.8 Å². The van der Waals surface area contributed by atoms with E-state index in [-0.39, 0.29) is 12.4 Å². The molecule has 1 aromatic carbocycles. The summed E-state index contributed by atoms with van der Waals surface area (Å²) in [7, 11) is -3.58. The average Bonchev–Trinajstić information content (AvgIpc) is 3.25. The highest BCUT2D eigenvalue weighted by Crippen LogP contribution is 2.28. The molecule has 0 bridgehead atoms. The van der Waals surface area contributed by atoms with Gasteiger partial charge in [0.1, 0.15) is 12.1 Å². The van der Waals surface area contributed by atoms with Gasteiger partial charge >= 0.3 is 5.97 Å². The van der Waals surface area contributed by atoms with Crippen molar-refractivity contribution in [3.8, 4) is 0 Å². The molecule has 176 valence electrons. The van der Waals surface area contributed by atoms with Crippen LogP contribution in [-0.4, -0.2) is 71.1 Å². The molecule has 3 heterocycles. The molecule has 0 aliphatic carbocycles. The third kappa shape index (κ3) is 4.55. The van der Waals surface area contributed by atoms with Crippen LogP contribution in [-0.2, 0) is 26.0 Å². The highest BCUT2D eigenvalue weighted by Gasteiger charge is 2.31. The number of rotatable bonds is 7. The van der Waals surface area contributed by atoms with E-state index in [1.165, 1.54) is 10.6 Å². The topological polar surface area (TPSA) is 110 Å². The predicted octanol–water partition coefficient (Wildman–Crippen LogP) is 1.75. The van der Waals surface area contributed by atoms with Crippen LogP contribution in [0.4, 0.5) is 5.82 Å². The number of anilines is 1. The van der Waals surface area contributed by atoms with Gasteiger partial charge in [-0.2, -0.15) is 18.9 Å². The van der Waals surface area contributed by atoms with Crippen LogP contribution in [0.3, 0.4) is 0 Å². The van der Waals surface area contributed by atoms with Crippen molar-refractivity contribution < 1.29 is 17.9 Å². The first kappa shape index (κ1) is 23.1. The maximum Gasteiger partial charge on any atom is 0.306 e. The van der Waals surface area contributed by atoms with Crippen LogP contribution in [0.15, 0.2) is 35.5 Å². The summed E-state index contributed by atoms with van der Waals surface area (Å²) < 4.78 is 34.7. The molecule has 1 fully saturated rings. The summed E-state index contributed by atoms with van der Waals surface area (Å²) in [5, 5.41) is 4.34. The van der Waals surface area contributed by atoms with Crippen molar-refractivity contribution >= 4 is 27.6 Å². The van der Waals surface area contributed by atoms with E-state index in [4.69, 9.17) is 4.74 Å². The lowest BCUT2D eigenvalue weighted by atomic mass is 10.1. The van der Waals surface area contributed by atoms with Crippen molar-refractivity contribution in [2.45, 2.75) is 38.5 Å². The first-order chi connectivity index (χ1) is 15.8. The third-order valence-corrected chi connectivity index (χ3v) is 7.90. The number of fused-ring (bicyclic) bond motifs is 1. The molecule has 1 aliphatic heterocycles. The smallest absolute Gasteiger partial charge is 0.306 e. The standard InChI is InChI=1S/C22H28N6O4S/c1-4-32-20(29)10-9-18-17(3)25-22-23-15-24-28(22)21(18)26-11-13-27(14-12-26)33(30,31)19-8-6-5-7-16(19)2/h5-8,15H,4,9-14H2,1-3H3. The van der Waals surface area contributed by atoms with Crippen molar-refractivity contribution in [3.05, 3.63) is 47.4 Å². The Balaban J connectivity index is 1.60. The van der Waals surface area contributed by atoms with E-state index in [0.717, 1.165) is 22.6 Å². The molecular weight excluding hydrogens is 444 g/mol. The van der Waals surface area contributed by atoms with E-state index in [2.05, 4.69) is 20.0 Å². The summed E-state index contributed by atoms with van der Waals surface area (Å²) >= 11 is 0. The van der Waals surface area contributed by atoms with Gasteiger partial charge in [0.15, 0.2) is 0 Å². The molecule has 10 nitrogen and oxygen atoms in total. The van der Waals surface area contributed by atoms with Crippen molar-refractivity contribution in [2.24, 2.45) is 0 Å². The van der Waals surface area contributed by atoms with Crippen LogP contribution in [0.2, 0.25) is 0 Å². The van der Waals surface area contributed by atoms with E-state index < -0.39 is 10.0 Å². The molecule has 33 heavy (non-hydrogen) atoms. The molecule has 0 unspecified atom stereocenters. The second kappa shape index (κ2) is 9.44. The van der Waals surface area contributed by atoms with Gasteiger partial charge < -0.3 is 9.64 Å². The number of aryl methyl sites for hydroxylation is 2. The molecule has 3 aromatic rings. The lowest BCUT2D eigenvalue weighted by Gasteiger charge is -2.36. The minimum Gasteiger partial charge on any atom is -0.466 e. The summed E-state index contributed by atoms with van der Waals surface area (Å²) in [5.74, 6) is 1.00. The van der Waals surface area contributed by atoms with Crippen molar-refractivity contribution in [3.63, 3.8) is 0 Å². The highest BCUT2D eigenvalue weighted by molar-refractivity contribution is 7.89. The number of carbonyl (C=O) groups is 1.